The molecule has 11 heteroatoms. The van der Waals surface area contributed by atoms with Crippen molar-refractivity contribution in [1.29, 1.82) is 0 Å². The Hall–Kier alpha value is -4.24. The second kappa shape index (κ2) is 19.0. The highest BCUT2D eigenvalue weighted by molar-refractivity contribution is 6.32. The lowest BCUT2D eigenvalue weighted by Crippen LogP contribution is -2.47. The summed E-state index contributed by atoms with van der Waals surface area (Å²) in [6.45, 7) is 6.62. The topological polar surface area (TPSA) is 64.1 Å². The van der Waals surface area contributed by atoms with Gasteiger partial charge in [-0.15, -0.1) is 12.4 Å². The van der Waals surface area contributed by atoms with Gasteiger partial charge in [0.1, 0.15) is 18.1 Å². The quantitative estimate of drug-likeness (QED) is 0.111. The SMILES string of the molecule is Cc1cc(/C=C/C(=O)N2CCN(Cc3ccc(CCOc4ccccc4Cl)cc3)CC2)cc(Cl)c1Oc1ccc(OCc2ccccc2Cl)cn1.Cl. The Bertz CT molecular complexity index is 1940. The molecule has 1 aliphatic heterocycles. The maximum Gasteiger partial charge on any atom is 0.246 e. The largest absolute Gasteiger partial charge is 0.492 e. The first-order valence-electron chi connectivity index (χ1n) is 16.8. The molecule has 0 atom stereocenters. The lowest BCUT2D eigenvalue weighted by Gasteiger charge is -2.34. The molecule has 1 aliphatic rings. The fraction of sp³-hybridized carbons (Fsp3) is 0.220. The molecule has 0 N–H and O–H groups in total. The van der Waals surface area contributed by atoms with E-state index in [1.165, 1.54) is 11.1 Å². The summed E-state index contributed by atoms with van der Waals surface area (Å²) in [4.78, 5) is 21.7. The van der Waals surface area contributed by atoms with E-state index in [1.54, 1.807) is 36.5 Å². The third-order valence-electron chi connectivity index (χ3n) is 8.54. The Morgan fingerprint density at radius 1 is 0.808 bits per heavy atom. The van der Waals surface area contributed by atoms with Gasteiger partial charge in [0, 0.05) is 61.9 Å². The molecule has 4 aromatic carbocycles. The van der Waals surface area contributed by atoms with Gasteiger partial charge in [-0.1, -0.05) is 89.4 Å². The van der Waals surface area contributed by atoms with Crippen LogP contribution >= 0.6 is 47.2 Å². The van der Waals surface area contributed by atoms with E-state index in [0.29, 0.717) is 64.5 Å². The van der Waals surface area contributed by atoms with Gasteiger partial charge < -0.3 is 19.1 Å². The molecule has 1 fully saturated rings. The van der Waals surface area contributed by atoms with Crippen molar-refractivity contribution in [1.82, 2.24) is 14.8 Å². The highest BCUT2D eigenvalue weighted by Gasteiger charge is 2.20. The zero-order valence-electron chi connectivity index (χ0n) is 28.6. The number of rotatable bonds is 13. The minimum absolute atomic E-state index is 0. The third-order valence-corrected chi connectivity index (χ3v) is 9.50. The van der Waals surface area contributed by atoms with Gasteiger partial charge in [0.25, 0.3) is 0 Å². The van der Waals surface area contributed by atoms with Gasteiger partial charge in [0.05, 0.1) is 22.8 Å². The van der Waals surface area contributed by atoms with Gasteiger partial charge in [-0.2, -0.15) is 0 Å². The van der Waals surface area contributed by atoms with Crippen LogP contribution in [0.4, 0.5) is 0 Å². The van der Waals surface area contributed by atoms with E-state index in [-0.39, 0.29) is 18.3 Å². The maximum absolute atomic E-state index is 13.0. The molecule has 7 nitrogen and oxygen atoms in total. The van der Waals surface area contributed by atoms with E-state index in [2.05, 4.69) is 34.1 Å². The summed E-state index contributed by atoms with van der Waals surface area (Å²) in [5.41, 5.74) is 4.99. The molecule has 0 bridgehead atoms. The average Bonchev–Trinajstić information content (AvgIpc) is 3.14. The number of carbonyl (C=O) groups excluding carboxylic acids is 1. The maximum atomic E-state index is 13.0. The van der Waals surface area contributed by atoms with Crippen molar-refractivity contribution < 1.29 is 19.0 Å². The molecule has 0 spiro atoms. The number of halogens is 4. The van der Waals surface area contributed by atoms with Gasteiger partial charge in [-0.25, -0.2) is 4.98 Å². The molecule has 5 aromatic rings. The molecule has 0 radical (unpaired) electrons. The molecule has 1 amide bonds. The van der Waals surface area contributed by atoms with Crippen LogP contribution in [0.1, 0.15) is 27.8 Å². The number of amides is 1. The smallest absolute Gasteiger partial charge is 0.246 e. The summed E-state index contributed by atoms with van der Waals surface area (Å²) in [6, 6.07) is 30.9. The van der Waals surface area contributed by atoms with Crippen LogP contribution in [0.25, 0.3) is 6.08 Å². The molecule has 0 aliphatic carbocycles. The molecule has 0 unspecified atom stereocenters. The Morgan fingerprint density at radius 2 is 1.52 bits per heavy atom. The number of aryl methyl sites for hydroxylation is 1. The lowest BCUT2D eigenvalue weighted by molar-refractivity contribution is -0.127. The minimum Gasteiger partial charge on any atom is -0.492 e. The number of benzene rings is 4. The van der Waals surface area contributed by atoms with Crippen LogP contribution in [0.3, 0.4) is 0 Å². The van der Waals surface area contributed by atoms with Crippen LogP contribution in [0.2, 0.25) is 15.1 Å². The van der Waals surface area contributed by atoms with Crippen molar-refractivity contribution in [2.45, 2.75) is 26.5 Å². The second-order valence-electron chi connectivity index (χ2n) is 12.2. The standard InChI is InChI=1S/C41H38Cl3N3O4.ClH/c1-29-24-32(25-37(44)41(29)51-39-16-15-34(26-45-39)50-28-33-6-2-3-7-35(33)42)14-17-40(48)47-21-19-46(20-22-47)27-31-12-10-30(11-13-31)18-23-49-38-9-5-4-8-36(38)43;/h2-17,24-26H,18-23,27-28H2,1H3;1H/b17-14+;. The zero-order valence-corrected chi connectivity index (χ0v) is 31.7. The van der Waals surface area contributed by atoms with Crippen molar-refractivity contribution in [2.24, 2.45) is 0 Å². The predicted molar refractivity (Wildman–Crippen MR) is 212 cm³/mol. The molecule has 270 valence electrons. The normalized spacial score (nSPS) is 13.1. The number of pyridine rings is 1. The van der Waals surface area contributed by atoms with Crippen molar-refractivity contribution >= 4 is 59.2 Å². The van der Waals surface area contributed by atoms with E-state index in [4.69, 9.17) is 49.0 Å². The summed E-state index contributed by atoms with van der Waals surface area (Å²) in [7, 11) is 0. The van der Waals surface area contributed by atoms with E-state index >= 15 is 0 Å². The van der Waals surface area contributed by atoms with Gasteiger partial charge >= 0.3 is 0 Å². The first-order valence-corrected chi connectivity index (χ1v) is 17.9. The molecule has 1 saturated heterocycles. The average molecular weight is 780 g/mol. The highest BCUT2D eigenvalue weighted by atomic mass is 35.5. The van der Waals surface area contributed by atoms with Crippen LogP contribution in [-0.4, -0.2) is 53.5 Å². The van der Waals surface area contributed by atoms with Gasteiger partial charge in [-0.05, 0) is 71.7 Å². The summed E-state index contributed by atoms with van der Waals surface area (Å²) < 4.78 is 17.6. The van der Waals surface area contributed by atoms with Crippen molar-refractivity contribution in [2.75, 3.05) is 32.8 Å². The summed E-state index contributed by atoms with van der Waals surface area (Å²) in [6.07, 6.45) is 5.80. The van der Waals surface area contributed by atoms with Crippen LogP contribution < -0.4 is 14.2 Å². The van der Waals surface area contributed by atoms with Crippen molar-refractivity contribution in [3.63, 3.8) is 0 Å². The number of hydrogen-bond acceptors (Lipinski definition) is 6. The fourth-order valence-corrected chi connectivity index (χ4v) is 6.38. The highest BCUT2D eigenvalue weighted by Crippen LogP contribution is 2.34. The van der Waals surface area contributed by atoms with Crippen molar-refractivity contribution in [3.8, 4) is 23.1 Å². The van der Waals surface area contributed by atoms with E-state index in [0.717, 1.165) is 42.7 Å². The second-order valence-corrected chi connectivity index (χ2v) is 13.5. The fourth-order valence-electron chi connectivity index (χ4n) is 5.69. The summed E-state index contributed by atoms with van der Waals surface area (Å²) in [5.74, 6) is 2.17. The van der Waals surface area contributed by atoms with E-state index in [9.17, 15) is 4.79 Å². The minimum atomic E-state index is -0.0202. The van der Waals surface area contributed by atoms with Crippen LogP contribution in [0.15, 0.2) is 109 Å². The predicted octanol–water partition coefficient (Wildman–Crippen LogP) is 10.1. The number of hydrogen-bond donors (Lipinski definition) is 0. The molecule has 52 heavy (non-hydrogen) atoms. The molecule has 6 rings (SSSR count). The Kier molecular flexibility index (Phi) is 14.3. The number of nitrogens with zero attached hydrogens (tertiary/aromatic N) is 3. The van der Waals surface area contributed by atoms with Crippen LogP contribution in [0, 0.1) is 6.92 Å². The Morgan fingerprint density at radius 3 is 2.21 bits per heavy atom. The number of ether oxygens (including phenoxy) is 3. The van der Waals surface area contributed by atoms with Crippen LogP contribution in [-0.2, 0) is 24.4 Å². The Balaban J connectivity index is 0.00000523. The summed E-state index contributed by atoms with van der Waals surface area (Å²) >= 11 is 19.0. The van der Waals surface area contributed by atoms with E-state index < -0.39 is 0 Å². The van der Waals surface area contributed by atoms with Gasteiger partial charge in [-0.3, -0.25) is 9.69 Å². The molecule has 0 saturated carbocycles. The van der Waals surface area contributed by atoms with Gasteiger partial charge in [0.15, 0.2) is 5.75 Å². The van der Waals surface area contributed by atoms with Crippen molar-refractivity contribution in [3.05, 3.63) is 152 Å². The van der Waals surface area contributed by atoms with Gasteiger partial charge in [0.2, 0.25) is 11.8 Å². The summed E-state index contributed by atoms with van der Waals surface area (Å²) in [5, 5.41) is 1.70. The molecular formula is C41H39Cl4N3O4. The Labute approximate surface area is 326 Å². The number of piperazine rings is 1. The monoisotopic (exact) mass is 777 g/mol. The number of carbonyl (C=O) groups is 1. The molecule has 2 heterocycles. The first-order chi connectivity index (χ1) is 24.8. The number of aromatic nitrogens is 1. The zero-order chi connectivity index (χ0) is 35.6. The van der Waals surface area contributed by atoms with Crippen LogP contribution in [0.5, 0.6) is 23.1 Å². The first kappa shape index (κ1) is 39.0. The lowest BCUT2D eigenvalue weighted by atomic mass is 10.1. The third kappa shape index (κ3) is 10.9. The number of para-hydroxylation sites is 1. The molecular weight excluding hydrogens is 740 g/mol. The molecule has 1 aromatic heterocycles. The van der Waals surface area contributed by atoms with E-state index in [1.807, 2.05) is 66.4 Å².